The fourth-order valence-corrected chi connectivity index (χ4v) is 2.60. The molecule has 0 amide bonds. The maximum absolute atomic E-state index is 11.8. The van der Waals surface area contributed by atoms with Gasteiger partial charge in [0, 0.05) is 11.5 Å². The van der Waals surface area contributed by atoms with Gasteiger partial charge in [-0.1, -0.05) is 18.2 Å². The molecule has 6 nitrogen and oxygen atoms in total. The van der Waals surface area contributed by atoms with Crippen LogP contribution in [0.2, 0.25) is 0 Å². The van der Waals surface area contributed by atoms with Crippen LogP contribution in [0.1, 0.15) is 6.92 Å². The molecule has 18 heavy (non-hydrogen) atoms. The Morgan fingerprint density at radius 2 is 2.06 bits per heavy atom. The lowest BCUT2D eigenvalue weighted by molar-refractivity contribution is -0.138. The number of benzene rings is 1. The molecule has 2 aromatic rings. The maximum Gasteiger partial charge on any atom is 0.321 e. The summed E-state index contributed by atoms with van der Waals surface area (Å²) >= 11 is 0. The van der Waals surface area contributed by atoms with Crippen molar-refractivity contribution < 1.29 is 22.7 Å². The predicted octanol–water partition coefficient (Wildman–Crippen LogP) is 1.18. The fraction of sp³-hybridized carbons (Fsp3) is 0.182. The van der Waals surface area contributed by atoms with Gasteiger partial charge in [0.15, 0.2) is 0 Å². The van der Waals surface area contributed by atoms with Gasteiger partial charge in [-0.25, -0.2) is 8.42 Å². The second kappa shape index (κ2) is 4.43. The molecule has 0 saturated heterocycles. The van der Waals surface area contributed by atoms with Crippen molar-refractivity contribution in [3.8, 4) is 0 Å². The zero-order valence-electron chi connectivity index (χ0n) is 9.45. The summed E-state index contributed by atoms with van der Waals surface area (Å²) in [5.41, 5.74) is 0.431. The normalized spacial score (nSPS) is 13.6. The van der Waals surface area contributed by atoms with Crippen molar-refractivity contribution in [3.05, 3.63) is 30.3 Å². The van der Waals surface area contributed by atoms with Gasteiger partial charge in [0.1, 0.15) is 11.6 Å². The Kier molecular flexibility index (Phi) is 3.10. The lowest BCUT2D eigenvalue weighted by atomic mass is 10.3. The molecule has 0 spiro atoms. The number of fused-ring (bicyclic) bond motifs is 1. The molecule has 1 heterocycles. The molecule has 2 rings (SSSR count). The van der Waals surface area contributed by atoms with Crippen LogP contribution in [-0.4, -0.2) is 25.5 Å². The fourth-order valence-electron chi connectivity index (χ4n) is 1.43. The zero-order valence-corrected chi connectivity index (χ0v) is 10.3. The van der Waals surface area contributed by atoms with Gasteiger partial charge in [0.25, 0.3) is 10.0 Å². The van der Waals surface area contributed by atoms with Crippen LogP contribution in [0.5, 0.6) is 0 Å². The van der Waals surface area contributed by atoms with Crippen molar-refractivity contribution in [1.29, 1.82) is 0 Å². The highest BCUT2D eigenvalue weighted by atomic mass is 32.2. The van der Waals surface area contributed by atoms with E-state index in [4.69, 9.17) is 9.52 Å². The number of nitrogens with one attached hydrogen (secondary N) is 1. The Bertz CT molecular complexity index is 655. The minimum atomic E-state index is -3.96. The summed E-state index contributed by atoms with van der Waals surface area (Å²) in [4.78, 5) is 10.6. The topological polar surface area (TPSA) is 96.6 Å². The van der Waals surface area contributed by atoms with Crippen molar-refractivity contribution in [3.63, 3.8) is 0 Å². The van der Waals surface area contributed by atoms with Gasteiger partial charge in [-0.2, -0.15) is 4.72 Å². The molecular weight excluding hydrogens is 258 g/mol. The van der Waals surface area contributed by atoms with Crippen LogP contribution in [0.15, 0.2) is 39.8 Å². The van der Waals surface area contributed by atoms with Gasteiger partial charge in [-0.3, -0.25) is 4.79 Å². The van der Waals surface area contributed by atoms with Crippen LogP contribution >= 0.6 is 0 Å². The van der Waals surface area contributed by atoms with Crippen LogP contribution in [0.3, 0.4) is 0 Å². The van der Waals surface area contributed by atoms with Crippen molar-refractivity contribution >= 4 is 27.0 Å². The number of carboxylic acids is 1. The summed E-state index contributed by atoms with van der Waals surface area (Å²) in [7, 11) is -3.96. The lowest BCUT2D eigenvalue weighted by Crippen LogP contribution is -2.38. The Morgan fingerprint density at radius 1 is 1.39 bits per heavy atom. The number of furan rings is 1. The molecule has 0 aliphatic carbocycles. The largest absolute Gasteiger partial charge is 0.480 e. The van der Waals surface area contributed by atoms with Crippen LogP contribution < -0.4 is 4.72 Å². The van der Waals surface area contributed by atoms with Crippen LogP contribution in [0.25, 0.3) is 11.0 Å². The van der Waals surface area contributed by atoms with Crippen LogP contribution in [-0.2, 0) is 14.8 Å². The zero-order chi connectivity index (χ0) is 13.3. The highest BCUT2D eigenvalue weighted by molar-refractivity contribution is 7.89. The van der Waals surface area contributed by atoms with E-state index in [0.29, 0.717) is 11.0 Å². The van der Waals surface area contributed by atoms with E-state index in [-0.39, 0.29) is 5.09 Å². The average Bonchev–Trinajstić information content (AvgIpc) is 2.72. The number of hydrogen-bond acceptors (Lipinski definition) is 4. The summed E-state index contributed by atoms with van der Waals surface area (Å²) in [6, 6.07) is 6.94. The van der Waals surface area contributed by atoms with Gasteiger partial charge in [-0.15, -0.1) is 0 Å². The quantitative estimate of drug-likeness (QED) is 0.868. The van der Waals surface area contributed by atoms with E-state index in [1.54, 1.807) is 24.3 Å². The second-order valence-electron chi connectivity index (χ2n) is 3.78. The van der Waals surface area contributed by atoms with Gasteiger partial charge in [-0.05, 0) is 13.0 Å². The number of aliphatic carboxylic acids is 1. The molecule has 1 aromatic heterocycles. The molecule has 1 atom stereocenters. The van der Waals surface area contributed by atoms with Crippen molar-refractivity contribution in [1.82, 2.24) is 4.72 Å². The third-order valence-electron chi connectivity index (χ3n) is 2.37. The molecule has 0 fully saturated rings. The highest BCUT2D eigenvalue weighted by Crippen LogP contribution is 2.22. The lowest BCUT2D eigenvalue weighted by Gasteiger charge is -2.07. The Balaban J connectivity index is 2.38. The molecule has 0 aliphatic heterocycles. The average molecular weight is 269 g/mol. The smallest absolute Gasteiger partial charge is 0.321 e. The predicted molar refractivity (Wildman–Crippen MR) is 63.6 cm³/mol. The molecule has 0 bridgehead atoms. The summed E-state index contributed by atoms with van der Waals surface area (Å²) in [6.07, 6.45) is 0. The first-order valence-corrected chi connectivity index (χ1v) is 6.62. The van der Waals surface area contributed by atoms with Gasteiger partial charge >= 0.3 is 5.97 Å². The number of para-hydroxylation sites is 1. The van der Waals surface area contributed by atoms with E-state index in [9.17, 15) is 13.2 Å². The maximum atomic E-state index is 11.8. The van der Waals surface area contributed by atoms with Gasteiger partial charge in [0.2, 0.25) is 5.09 Å². The third-order valence-corrected chi connectivity index (χ3v) is 3.76. The SMILES string of the molecule is C[C@H](NS(=O)(=O)c1cc2ccccc2o1)C(=O)O. The highest BCUT2D eigenvalue weighted by Gasteiger charge is 2.24. The summed E-state index contributed by atoms with van der Waals surface area (Å²) in [5, 5.41) is 9.02. The molecular formula is C11H11NO5S. The van der Waals surface area contributed by atoms with Crippen molar-refractivity contribution in [2.24, 2.45) is 0 Å². The van der Waals surface area contributed by atoms with E-state index in [2.05, 4.69) is 0 Å². The minimum absolute atomic E-state index is 0.295. The summed E-state index contributed by atoms with van der Waals surface area (Å²) in [5.74, 6) is -1.25. The number of hydrogen-bond donors (Lipinski definition) is 2. The number of carboxylic acid groups (broad SMARTS) is 1. The summed E-state index contributed by atoms with van der Waals surface area (Å²) < 4.78 is 30.9. The minimum Gasteiger partial charge on any atom is -0.480 e. The molecule has 96 valence electrons. The molecule has 1 aromatic carbocycles. The Labute approximate surface area is 103 Å². The first kappa shape index (κ1) is 12.6. The third kappa shape index (κ3) is 2.36. The van der Waals surface area contributed by atoms with E-state index < -0.39 is 22.0 Å². The standard InChI is InChI=1S/C11H11NO5S/c1-7(11(13)14)12-18(15,16)10-6-8-4-2-3-5-9(8)17-10/h2-7,12H,1H3,(H,13,14)/t7-/m0/s1. The van der Waals surface area contributed by atoms with Crippen molar-refractivity contribution in [2.75, 3.05) is 0 Å². The monoisotopic (exact) mass is 269 g/mol. The van der Waals surface area contributed by atoms with E-state index >= 15 is 0 Å². The summed E-state index contributed by atoms with van der Waals surface area (Å²) in [6.45, 7) is 1.24. The Hall–Kier alpha value is -1.86. The van der Waals surface area contributed by atoms with E-state index in [1.165, 1.54) is 13.0 Å². The van der Waals surface area contributed by atoms with E-state index in [1.807, 2.05) is 4.72 Å². The number of carbonyl (C=O) groups is 1. The first-order valence-electron chi connectivity index (χ1n) is 5.14. The second-order valence-corrected chi connectivity index (χ2v) is 5.43. The molecule has 2 N–H and O–H groups in total. The number of rotatable bonds is 4. The number of sulfonamides is 1. The molecule has 0 saturated carbocycles. The van der Waals surface area contributed by atoms with E-state index in [0.717, 1.165) is 0 Å². The molecule has 7 heteroatoms. The molecule has 0 radical (unpaired) electrons. The molecule has 0 unspecified atom stereocenters. The first-order chi connectivity index (χ1) is 8.40. The van der Waals surface area contributed by atoms with Gasteiger partial charge in [0.05, 0.1) is 0 Å². The Morgan fingerprint density at radius 3 is 2.67 bits per heavy atom. The van der Waals surface area contributed by atoms with Crippen LogP contribution in [0.4, 0.5) is 0 Å². The van der Waals surface area contributed by atoms with Crippen LogP contribution in [0, 0.1) is 0 Å². The van der Waals surface area contributed by atoms with Crippen molar-refractivity contribution in [2.45, 2.75) is 18.1 Å². The molecule has 0 aliphatic rings. The van der Waals surface area contributed by atoms with Gasteiger partial charge < -0.3 is 9.52 Å².